The summed E-state index contributed by atoms with van der Waals surface area (Å²) in [6.45, 7) is 2.61. The van der Waals surface area contributed by atoms with Gasteiger partial charge in [-0.25, -0.2) is 0 Å². The van der Waals surface area contributed by atoms with Gasteiger partial charge in [0.25, 0.3) is 0 Å². The van der Waals surface area contributed by atoms with Crippen molar-refractivity contribution in [2.45, 2.75) is 19.4 Å². The lowest BCUT2D eigenvalue weighted by Gasteiger charge is -2.06. The highest BCUT2D eigenvalue weighted by atomic mass is 32.1. The molecule has 1 aromatic heterocycles. The average molecular weight is 219 g/mol. The maximum atomic E-state index is 5.51. The quantitative estimate of drug-likeness (QED) is 0.860. The minimum Gasteiger partial charge on any atom is -0.324 e. The molecule has 0 saturated heterocycles. The number of rotatable bonds is 3. The summed E-state index contributed by atoms with van der Waals surface area (Å²) in [5.74, 6) is 0.295. The predicted molar refractivity (Wildman–Crippen MR) is 61.8 cm³/mol. The Balaban J connectivity index is 2.24. The van der Waals surface area contributed by atoms with Crippen molar-refractivity contribution in [3.8, 4) is 0 Å². The molecule has 0 amide bonds. The third-order valence-electron chi connectivity index (χ3n) is 2.33. The van der Waals surface area contributed by atoms with Gasteiger partial charge in [-0.15, -0.1) is 10.2 Å². The number of hydrogen-bond acceptors (Lipinski definition) is 4. The second-order valence-electron chi connectivity index (χ2n) is 3.37. The van der Waals surface area contributed by atoms with E-state index in [1.807, 2.05) is 18.2 Å². The highest BCUT2D eigenvalue weighted by Crippen LogP contribution is 2.26. The van der Waals surface area contributed by atoms with Gasteiger partial charge in [-0.05, 0) is 5.56 Å². The smallest absolute Gasteiger partial charge is 0.131 e. The molecule has 0 saturated carbocycles. The first-order chi connectivity index (χ1) is 7.31. The van der Waals surface area contributed by atoms with E-state index in [0.29, 0.717) is 12.5 Å². The molecule has 1 aromatic carbocycles. The summed E-state index contributed by atoms with van der Waals surface area (Å²) < 4.78 is 0. The van der Waals surface area contributed by atoms with Crippen LogP contribution in [0.1, 0.15) is 28.4 Å². The molecule has 0 radical (unpaired) electrons. The Morgan fingerprint density at radius 2 is 2.00 bits per heavy atom. The Labute approximate surface area is 93.0 Å². The zero-order valence-corrected chi connectivity index (χ0v) is 9.37. The summed E-state index contributed by atoms with van der Waals surface area (Å²) >= 11 is 1.59. The minimum absolute atomic E-state index is 0.295. The fourth-order valence-corrected chi connectivity index (χ4v) is 2.21. The molecule has 4 heteroatoms. The van der Waals surface area contributed by atoms with Gasteiger partial charge in [-0.3, -0.25) is 0 Å². The maximum Gasteiger partial charge on any atom is 0.131 e. The van der Waals surface area contributed by atoms with E-state index in [9.17, 15) is 0 Å². The van der Waals surface area contributed by atoms with E-state index in [0.717, 1.165) is 10.0 Å². The molecule has 0 aliphatic rings. The van der Waals surface area contributed by atoms with Crippen LogP contribution >= 0.6 is 11.3 Å². The topological polar surface area (TPSA) is 51.8 Å². The van der Waals surface area contributed by atoms with Crippen LogP contribution in [0.15, 0.2) is 30.3 Å². The van der Waals surface area contributed by atoms with E-state index < -0.39 is 0 Å². The normalized spacial score (nSPS) is 12.7. The molecule has 1 unspecified atom stereocenters. The third-order valence-corrected chi connectivity index (χ3v) is 3.46. The molecule has 3 nitrogen and oxygen atoms in total. The fourth-order valence-electron chi connectivity index (χ4n) is 1.41. The van der Waals surface area contributed by atoms with Crippen molar-refractivity contribution in [1.29, 1.82) is 0 Å². The van der Waals surface area contributed by atoms with E-state index in [-0.39, 0.29) is 0 Å². The van der Waals surface area contributed by atoms with Crippen LogP contribution in [0.2, 0.25) is 0 Å². The first-order valence-electron chi connectivity index (χ1n) is 4.88. The Hall–Kier alpha value is -1.26. The van der Waals surface area contributed by atoms with E-state index in [4.69, 9.17) is 5.73 Å². The lowest BCUT2D eigenvalue weighted by molar-refractivity contribution is 0.853. The highest BCUT2D eigenvalue weighted by molar-refractivity contribution is 7.11. The number of nitrogens with two attached hydrogens (primary N) is 1. The van der Waals surface area contributed by atoms with Crippen molar-refractivity contribution in [1.82, 2.24) is 10.2 Å². The third kappa shape index (κ3) is 2.22. The zero-order valence-electron chi connectivity index (χ0n) is 8.55. The van der Waals surface area contributed by atoms with E-state index >= 15 is 0 Å². The molecule has 2 rings (SSSR count). The second kappa shape index (κ2) is 4.51. The van der Waals surface area contributed by atoms with Gasteiger partial charge in [-0.2, -0.15) is 0 Å². The molecule has 15 heavy (non-hydrogen) atoms. The Morgan fingerprint density at radius 3 is 2.60 bits per heavy atom. The average Bonchev–Trinajstić information content (AvgIpc) is 2.78. The molecule has 0 aliphatic carbocycles. The van der Waals surface area contributed by atoms with Gasteiger partial charge in [0.2, 0.25) is 0 Å². The van der Waals surface area contributed by atoms with E-state index in [1.165, 1.54) is 5.56 Å². The van der Waals surface area contributed by atoms with E-state index in [1.54, 1.807) is 11.3 Å². The van der Waals surface area contributed by atoms with Crippen molar-refractivity contribution in [3.05, 3.63) is 45.9 Å². The number of hydrogen-bond donors (Lipinski definition) is 1. The maximum absolute atomic E-state index is 5.51. The summed E-state index contributed by atoms with van der Waals surface area (Å²) in [4.78, 5) is 0. The van der Waals surface area contributed by atoms with Crippen molar-refractivity contribution in [3.63, 3.8) is 0 Å². The number of aromatic nitrogens is 2. The molecular formula is C11H13N3S. The van der Waals surface area contributed by atoms with Gasteiger partial charge in [0.15, 0.2) is 0 Å². The lowest BCUT2D eigenvalue weighted by atomic mass is 10.0. The van der Waals surface area contributed by atoms with Crippen LogP contribution in [0.3, 0.4) is 0 Å². The van der Waals surface area contributed by atoms with Gasteiger partial charge < -0.3 is 5.73 Å². The van der Waals surface area contributed by atoms with Crippen LogP contribution in [0, 0.1) is 0 Å². The first-order valence-corrected chi connectivity index (χ1v) is 5.70. The second-order valence-corrected chi connectivity index (χ2v) is 4.46. The van der Waals surface area contributed by atoms with Crippen molar-refractivity contribution in [2.75, 3.05) is 0 Å². The minimum atomic E-state index is 0.295. The summed E-state index contributed by atoms with van der Waals surface area (Å²) in [5.41, 5.74) is 6.77. The van der Waals surface area contributed by atoms with Crippen molar-refractivity contribution in [2.24, 2.45) is 5.73 Å². The SMILES string of the molecule is CC(c1ccccc1)c1nnc(CN)s1. The summed E-state index contributed by atoms with van der Waals surface area (Å²) in [7, 11) is 0. The Bertz CT molecular complexity index is 424. The summed E-state index contributed by atoms with van der Waals surface area (Å²) in [6, 6.07) is 10.3. The Morgan fingerprint density at radius 1 is 1.27 bits per heavy atom. The van der Waals surface area contributed by atoms with Crippen molar-refractivity contribution < 1.29 is 0 Å². The predicted octanol–water partition coefficient (Wildman–Crippen LogP) is 2.15. The van der Waals surface area contributed by atoms with Crippen LogP contribution in [0.25, 0.3) is 0 Å². The zero-order chi connectivity index (χ0) is 10.7. The van der Waals surface area contributed by atoms with Crippen LogP contribution in [0.4, 0.5) is 0 Å². The van der Waals surface area contributed by atoms with Gasteiger partial charge in [0.05, 0.1) is 0 Å². The molecule has 0 spiro atoms. The monoisotopic (exact) mass is 219 g/mol. The van der Waals surface area contributed by atoms with Crippen LogP contribution < -0.4 is 5.73 Å². The number of benzene rings is 1. The van der Waals surface area contributed by atoms with Crippen LogP contribution in [-0.4, -0.2) is 10.2 Å². The lowest BCUT2D eigenvalue weighted by Crippen LogP contribution is -1.94. The molecule has 2 aromatic rings. The van der Waals surface area contributed by atoms with Crippen molar-refractivity contribution >= 4 is 11.3 Å². The molecule has 0 aliphatic heterocycles. The Kier molecular flexibility index (Phi) is 3.08. The van der Waals surface area contributed by atoms with Crippen LogP contribution in [0.5, 0.6) is 0 Å². The molecule has 0 fully saturated rings. The van der Waals surface area contributed by atoms with Gasteiger partial charge in [0, 0.05) is 12.5 Å². The largest absolute Gasteiger partial charge is 0.324 e. The van der Waals surface area contributed by atoms with Crippen LogP contribution in [-0.2, 0) is 6.54 Å². The molecule has 2 N–H and O–H groups in total. The van der Waals surface area contributed by atoms with Gasteiger partial charge in [-0.1, -0.05) is 48.6 Å². The molecule has 0 bridgehead atoms. The summed E-state index contributed by atoms with van der Waals surface area (Å²) in [5, 5.41) is 10.1. The fraction of sp³-hybridized carbons (Fsp3) is 0.273. The van der Waals surface area contributed by atoms with E-state index in [2.05, 4.69) is 29.3 Å². The molecule has 1 heterocycles. The van der Waals surface area contributed by atoms with Gasteiger partial charge in [0.1, 0.15) is 10.0 Å². The molecular weight excluding hydrogens is 206 g/mol. The number of nitrogens with zero attached hydrogens (tertiary/aromatic N) is 2. The molecule has 78 valence electrons. The standard InChI is InChI=1S/C11H13N3S/c1-8(9-5-3-2-4-6-9)11-14-13-10(7-12)15-11/h2-6,8H,7,12H2,1H3. The van der Waals surface area contributed by atoms with Gasteiger partial charge >= 0.3 is 0 Å². The first kappa shape index (κ1) is 10.3. The highest BCUT2D eigenvalue weighted by Gasteiger charge is 2.12. The summed E-state index contributed by atoms with van der Waals surface area (Å²) in [6.07, 6.45) is 0. The molecule has 1 atom stereocenters.